The van der Waals surface area contributed by atoms with Crippen LogP contribution in [0.4, 0.5) is 22.7 Å². The van der Waals surface area contributed by atoms with E-state index in [1.54, 1.807) is 0 Å². The van der Waals surface area contributed by atoms with E-state index in [-0.39, 0.29) is 48.1 Å². The zero-order valence-electron chi connectivity index (χ0n) is 52.5. The average Bonchev–Trinajstić information content (AvgIpc) is 1.64. The minimum absolute atomic E-state index is 0. The summed E-state index contributed by atoms with van der Waals surface area (Å²) in [5, 5.41) is 2.22. The molecular formula is C78H83N4OPt-3. The summed E-state index contributed by atoms with van der Waals surface area (Å²) >= 11 is 0. The number of anilines is 4. The summed E-state index contributed by atoms with van der Waals surface area (Å²) in [6.45, 7) is 41.4. The molecule has 5 nitrogen and oxygen atoms in total. The van der Waals surface area contributed by atoms with Crippen molar-refractivity contribution >= 4 is 44.6 Å². The number of nitrogens with zero attached hydrogens (tertiary/aromatic N) is 4. The molecule has 0 amide bonds. The summed E-state index contributed by atoms with van der Waals surface area (Å²) in [5.41, 5.74) is 19.1. The number of rotatable bonds is 12. The molecule has 0 bridgehead atoms. The van der Waals surface area contributed by atoms with Crippen molar-refractivity contribution in [3.63, 3.8) is 0 Å². The minimum Gasteiger partial charge on any atom is -0.509 e. The Bertz CT molecular complexity index is 4020. The molecule has 8 aromatic carbocycles. The smallest absolute Gasteiger partial charge is 0.135 e. The molecular weight excluding hydrogens is 1200 g/mol. The van der Waals surface area contributed by atoms with Gasteiger partial charge in [-0.1, -0.05) is 226 Å². The maximum Gasteiger partial charge on any atom is 0.135 e. The van der Waals surface area contributed by atoms with Crippen molar-refractivity contribution in [3.05, 3.63) is 245 Å². The van der Waals surface area contributed by atoms with Crippen molar-refractivity contribution in [2.75, 3.05) is 9.80 Å². The molecule has 0 N–H and O–H groups in total. The number of benzene rings is 8. The Morgan fingerprint density at radius 1 is 0.452 bits per heavy atom. The first-order chi connectivity index (χ1) is 39.2. The third kappa shape index (κ3) is 11.3. The van der Waals surface area contributed by atoms with Crippen LogP contribution in [0.1, 0.15) is 180 Å². The molecule has 1 aliphatic heterocycles. The predicted molar refractivity (Wildman–Crippen MR) is 351 cm³/mol. The van der Waals surface area contributed by atoms with Gasteiger partial charge in [0.05, 0.1) is 0 Å². The Hall–Kier alpha value is -7.20. The van der Waals surface area contributed by atoms with E-state index in [0.29, 0.717) is 23.3 Å². The number of pyridine rings is 1. The van der Waals surface area contributed by atoms with Gasteiger partial charge in [-0.05, 0) is 132 Å². The van der Waals surface area contributed by atoms with Crippen LogP contribution >= 0.6 is 0 Å². The zero-order chi connectivity index (χ0) is 59.1. The van der Waals surface area contributed by atoms with Crippen molar-refractivity contribution in [1.29, 1.82) is 0 Å². The maximum absolute atomic E-state index is 7.15. The van der Waals surface area contributed by atoms with Gasteiger partial charge in [-0.25, -0.2) is 4.98 Å². The molecule has 434 valence electrons. The summed E-state index contributed by atoms with van der Waals surface area (Å²) in [6.07, 6.45) is 1.94. The van der Waals surface area contributed by atoms with Gasteiger partial charge in [0.1, 0.15) is 5.82 Å². The Morgan fingerprint density at radius 2 is 1.05 bits per heavy atom. The molecule has 0 atom stereocenters. The SMILES string of the molecule is CC(C)c1cccc(C(C)C)c1-c1ccc2c(c1)N(c1[c-]c(Oc3[c-]c4c(cc3)c3cc(C(C)(C)c5ccccc5)ccc3n4-c3cc(C(C)(C)C)ccn3)cc(C(C)(C)C)c1)[CH-]N2c1cc(C(C)(C)C)cc(C(C)(C)c2ccccc2)c1.[Pt]. The molecule has 0 spiro atoms. The van der Waals surface area contributed by atoms with Crippen molar-refractivity contribution in [1.82, 2.24) is 9.55 Å². The van der Waals surface area contributed by atoms with Gasteiger partial charge in [-0.2, -0.15) is 6.07 Å². The van der Waals surface area contributed by atoms with E-state index in [1.165, 1.54) is 55.6 Å². The van der Waals surface area contributed by atoms with Crippen molar-refractivity contribution in [3.8, 4) is 28.4 Å². The van der Waals surface area contributed by atoms with Crippen LogP contribution < -0.4 is 14.5 Å². The van der Waals surface area contributed by atoms with E-state index in [0.717, 1.165) is 55.9 Å². The minimum atomic E-state index is -0.262. The Kier molecular flexibility index (Phi) is 15.9. The fraction of sp³-hybridized carbons (Fsp3) is 0.308. The average molecular weight is 1290 g/mol. The van der Waals surface area contributed by atoms with E-state index in [9.17, 15) is 0 Å². The van der Waals surface area contributed by atoms with Crippen LogP contribution in [-0.2, 0) is 48.1 Å². The quantitative estimate of drug-likeness (QED) is 0.114. The Morgan fingerprint density at radius 3 is 1.65 bits per heavy atom. The molecule has 0 saturated heterocycles. The predicted octanol–water partition coefficient (Wildman–Crippen LogP) is 21.4. The van der Waals surface area contributed by atoms with Gasteiger partial charge in [0.25, 0.3) is 0 Å². The molecule has 0 saturated carbocycles. The molecule has 84 heavy (non-hydrogen) atoms. The van der Waals surface area contributed by atoms with Gasteiger partial charge in [0.15, 0.2) is 0 Å². The van der Waals surface area contributed by atoms with E-state index >= 15 is 0 Å². The second-order valence-corrected chi connectivity index (χ2v) is 28.0. The first kappa shape index (κ1) is 59.9. The van der Waals surface area contributed by atoms with Crippen LogP contribution in [0.2, 0.25) is 0 Å². The topological polar surface area (TPSA) is 33.5 Å². The van der Waals surface area contributed by atoms with Gasteiger partial charge in [-0.3, -0.25) is 0 Å². The van der Waals surface area contributed by atoms with E-state index in [4.69, 9.17) is 9.72 Å². The van der Waals surface area contributed by atoms with Crippen LogP contribution in [0.5, 0.6) is 11.5 Å². The number of aromatic nitrogens is 2. The fourth-order valence-electron chi connectivity index (χ4n) is 12.1. The molecule has 0 aliphatic carbocycles. The third-order valence-corrected chi connectivity index (χ3v) is 17.5. The Labute approximate surface area is 516 Å². The molecule has 0 fully saturated rings. The normalized spacial score (nSPS) is 13.3. The second kappa shape index (κ2) is 22.3. The van der Waals surface area contributed by atoms with Gasteiger partial charge in [0.2, 0.25) is 0 Å². The van der Waals surface area contributed by atoms with Gasteiger partial charge in [-0.15, -0.1) is 53.6 Å². The van der Waals surface area contributed by atoms with Gasteiger partial charge in [0, 0.05) is 72.2 Å². The summed E-state index contributed by atoms with van der Waals surface area (Å²) in [7, 11) is 0. The molecule has 1 aliphatic rings. The van der Waals surface area contributed by atoms with Gasteiger partial charge < -0.3 is 19.1 Å². The van der Waals surface area contributed by atoms with Crippen LogP contribution in [0.15, 0.2) is 176 Å². The monoisotopic (exact) mass is 1290 g/mol. The molecule has 3 heterocycles. The summed E-state index contributed by atoms with van der Waals surface area (Å²) in [5.74, 6) is 2.73. The van der Waals surface area contributed by atoms with Gasteiger partial charge >= 0.3 is 0 Å². The number of ether oxygens (including phenoxy) is 1. The molecule has 2 aromatic heterocycles. The van der Waals surface area contributed by atoms with E-state index < -0.39 is 0 Å². The fourth-order valence-corrected chi connectivity index (χ4v) is 12.1. The van der Waals surface area contributed by atoms with Crippen LogP contribution in [0, 0.1) is 18.8 Å². The van der Waals surface area contributed by atoms with Crippen molar-refractivity contribution in [2.45, 2.75) is 157 Å². The first-order valence-corrected chi connectivity index (χ1v) is 29.9. The van der Waals surface area contributed by atoms with E-state index in [1.807, 2.05) is 6.20 Å². The third-order valence-electron chi connectivity index (χ3n) is 17.5. The molecule has 6 heteroatoms. The molecule has 10 aromatic rings. The van der Waals surface area contributed by atoms with E-state index in [2.05, 4.69) is 321 Å². The van der Waals surface area contributed by atoms with Crippen molar-refractivity contribution < 1.29 is 25.8 Å². The number of hydrogen-bond acceptors (Lipinski definition) is 4. The second-order valence-electron chi connectivity index (χ2n) is 28.0. The number of hydrogen-bond donors (Lipinski definition) is 0. The van der Waals surface area contributed by atoms with Crippen LogP contribution in [-0.4, -0.2) is 9.55 Å². The maximum atomic E-state index is 7.15. The Balaban J connectivity index is 0.00000786. The molecule has 0 unspecified atom stereocenters. The standard InChI is InChI=1S/C78H83N4O.Pt/c1-50(2)64-29-24-30-65(51(3)4)73(64)52-31-35-69-71(39-52)81(49-80(69)60-41-57(75(8,9)10)40-59(43-60)78(16,17)54-27-22-19-23-28-54)61-42-58(76(11,12)13)44-63(47-61)83-62-33-34-66-67-45-56(77(14,15)53-25-20-18-21-26-53)32-36-68(67)82(70(66)48-62)72-46-55(37-38-79-72)74(5,6)7;/h18-46,49-51H,1-17H3;/q-3;. The number of fused-ring (bicyclic) bond motifs is 4. The van der Waals surface area contributed by atoms with Crippen LogP contribution in [0.3, 0.4) is 0 Å². The van der Waals surface area contributed by atoms with Crippen molar-refractivity contribution in [2.24, 2.45) is 0 Å². The first-order valence-electron chi connectivity index (χ1n) is 29.9. The summed E-state index contributed by atoms with van der Waals surface area (Å²) in [4.78, 5) is 9.78. The summed E-state index contributed by atoms with van der Waals surface area (Å²) < 4.78 is 9.41. The zero-order valence-corrected chi connectivity index (χ0v) is 54.8. The molecule has 11 rings (SSSR count). The largest absolute Gasteiger partial charge is 0.509 e. The summed E-state index contributed by atoms with van der Waals surface area (Å²) in [6, 6.07) is 70.5. The van der Waals surface area contributed by atoms with Crippen LogP contribution in [0.25, 0.3) is 38.8 Å². The molecule has 0 radical (unpaired) electrons.